The first-order valence-corrected chi connectivity index (χ1v) is 6.88. The number of para-hydroxylation sites is 1. The van der Waals surface area contributed by atoms with E-state index >= 15 is 0 Å². The van der Waals surface area contributed by atoms with Crippen LogP contribution in [0.5, 0.6) is 5.75 Å². The molecule has 0 spiro atoms. The van der Waals surface area contributed by atoms with Crippen LogP contribution in [0.3, 0.4) is 0 Å². The van der Waals surface area contributed by atoms with Crippen LogP contribution >= 0.6 is 27.5 Å². The van der Waals surface area contributed by atoms with Gasteiger partial charge in [-0.15, -0.1) is 0 Å². The highest BCUT2D eigenvalue weighted by Gasteiger charge is 2.13. The number of benzene rings is 1. The van der Waals surface area contributed by atoms with Gasteiger partial charge in [-0.05, 0) is 34.5 Å². The Bertz CT molecular complexity index is 554. The van der Waals surface area contributed by atoms with Crippen molar-refractivity contribution in [2.24, 2.45) is 7.05 Å². The van der Waals surface area contributed by atoms with Crippen LogP contribution < -0.4 is 4.74 Å². The van der Waals surface area contributed by atoms with Gasteiger partial charge in [0.05, 0.1) is 20.9 Å². The molecule has 0 atom stereocenters. The van der Waals surface area contributed by atoms with E-state index in [0.29, 0.717) is 11.6 Å². The second-order valence-electron chi connectivity index (χ2n) is 3.90. The molecule has 2 rings (SSSR count). The minimum atomic E-state index is 0.408. The van der Waals surface area contributed by atoms with Gasteiger partial charge in [0.1, 0.15) is 12.4 Å². The number of hydrogen-bond donors (Lipinski definition) is 0. The number of nitrogens with zero attached hydrogens (tertiary/aromatic N) is 2. The van der Waals surface area contributed by atoms with E-state index in [1.165, 1.54) is 0 Å². The maximum absolute atomic E-state index is 6.26. The lowest BCUT2D eigenvalue weighted by molar-refractivity contribution is 0.293. The van der Waals surface area contributed by atoms with Gasteiger partial charge < -0.3 is 4.74 Å². The van der Waals surface area contributed by atoms with Crippen LogP contribution in [0.25, 0.3) is 0 Å². The summed E-state index contributed by atoms with van der Waals surface area (Å²) >= 11 is 9.71. The molecule has 0 unspecified atom stereocenters. The van der Waals surface area contributed by atoms with Crippen molar-refractivity contribution < 1.29 is 4.74 Å². The summed E-state index contributed by atoms with van der Waals surface area (Å²) in [6.45, 7) is 2.44. The fraction of sp³-hybridized carbons (Fsp3) is 0.308. The van der Waals surface area contributed by atoms with E-state index in [1.54, 1.807) is 4.68 Å². The zero-order valence-corrected chi connectivity index (χ0v) is 12.6. The summed E-state index contributed by atoms with van der Waals surface area (Å²) in [4.78, 5) is 0. The Labute approximate surface area is 120 Å². The van der Waals surface area contributed by atoms with Gasteiger partial charge in [0, 0.05) is 7.05 Å². The quantitative estimate of drug-likeness (QED) is 0.848. The summed E-state index contributed by atoms with van der Waals surface area (Å²) in [6, 6.07) is 7.73. The Balaban J connectivity index is 2.16. The molecule has 96 valence electrons. The fourth-order valence-corrected chi connectivity index (χ4v) is 2.43. The summed E-state index contributed by atoms with van der Waals surface area (Å²) in [7, 11) is 1.88. The fourth-order valence-electron chi connectivity index (χ4n) is 1.68. The second kappa shape index (κ2) is 5.76. The highest BCUT2D eigenvalue weighted by molar-refractivity contribution is 9.10. The van der Waals surface area contributed by atoms with Gasteiger partial charge in [0.25, 0.3) is 0 Å². The SMILES string of the molecule is CCc1nn(C)c(COc2ccccc2Br)c1Cl. The van der Waals surface area contributed by atoms with E-state index in [2.05, 4.69) is 21.0 Å². The molecule has 0 bridgehead atoms. The van der Waals surface area contributed by atoms with Crippen LogP contribution in [0, 0.1) is 0 Å². The molecule has 1 aromatic carbocycles. The predicted octanol–water partition coefficient (Wildman–Crippen LogP) is 3.98. The van der Waals surface area contributed by atoms with E-state index < -0.39 is 0 Å². The van der Waals surface area contributed by atoms with Gasteiger partial charge in [-0.2, -0.15) is 5.10 Å². The number of aromatic nitrogens is 2. The summed E-state index contributed by atoms with van der Waals surface area (Å²) in [6.07, 6.45) is 0.821. The molecule has 18 heavy (non-hydrogen) atoms. The average Bonchev–Trinajstić information content (AvgIpc) is 2.64. The molecule has 0 N–H and O–H groups in total. The van der Waals surface area contributed by atoms with Gasteiger partial charge in [-0.25, -0.2) is 0 Å². The Hall–Kier alpha value is -1.000. The van der Waals surface area contributed by atoms with E-state index in [9.17, 15) is 0 Å². The lowest BCUT2D eigenvalue weighted by atomic mass is 10.3. The van der Waals surface area contributed by atoms with Crippen molar-refractivity contribution in [1.29, 1.82) is 0 Å². The molecule has 0 aliphatic heterocycles. The minimum absolute atomic E-state index is 0.408. The monoisotopic (exact) mass is 328 g/mol. The lowest BCUT2D eigenvalue weighted by Gasteiger charge is -2.08. The molecule has 0 fully saturated rings. The summed E-state index contributed by atoms with van der Waals surface area (Å²) in [5.41, 5.74) is 1.80. The topological polar surface area (TPSA) is 27.1 Å². The van der Waals surface area contributed by atoms with Crippen molar-refractivity contribution in [3.05, 3.63) is 45.1 Å². The molecule has 1 aromatic heterocycles. The third kappa shape index (κ3) is 2.70. The zero-order valence-electron chi connectivity index (χ0n) is 10.3. The van der Waals surface area contributed by atoms with Crippen LogP contribution in [0.15, 0.2) is 28.7 Å². The molecule has 2 aromatic rings. The lowest BCUT2D eigenvalue weighted by Crippen LogP contribution is -2.03. The van der Waals surface area contributed by atoms with Gasteiger partial charge >= 0.3 is 0 Å². The number of halogens is 2. The molecule has 0 amide bonds. The number of rotatable bonds is 4. The van der Waals surface area contributed by atoms with E-state index in [-0.39, 0.29) is 0 Å². The maximum atomic E-state index is 6.26. The van der Waals surface area contributed by atoms with E-state index in [1.807, 2.05) is 38.2 Å². The van der Waals surface area contributed by atoms with E-state index in [0.717, 1.165) is 28.0 Å². The molecule has 0 aliphatic rings. The molecule has 5 heteroatoms. The predicted molar refractivity (Wildman–Crippen MR) is 76.1 cm³/mol. The standard InChI is InChI=1S/C13H14BrClN2O/c1-3-10-13(15)11(17(2)16-10)8-18-12-7-5-4-6-9(12)14/h4-7H,3,8H2,1-2H3. The van der Waals surface area contributed by atoms with Crippen molar-refractivity contribution in [3.63, 3.8) is 0 Å². The summed E-state index contributed by atoms with van der Waals surface area (Å²) < 4.78 is 8.46. The van der Waals surface area contributed by atoms with Gasteiger partial charge in [0.15, 0.2) is 0 Å². The van der Waals surface area contributed by atoms with Crippen LogP contribution in [-0.2, 0) is 20.1 Å². The van der Waals surface area contributed by atoms with Crippen LogP contribution in [0.4, 0.5) is 0 Å². The Morgan fingerprint density at radius 1 is 1.39 bits per heavy atom. The number of aryl methyl sites for hydroxylation is 2. The first kappa shape index (κ1) is 13.4. The number of hydrogen-bond acceptors (Lipinski definition) is 2. The van der Waals surface area contributed by atoms with Crippen molar-refractivity contribution in [3.8, 4) is 5.75 Å². The largest absolute Gasteiger partial charge is 0.486 e. The molecule has 0 radical (unpaired) electrons. The third-order valence-corrected chi connectivity index (χ3v) is 3.80. The van der Waals surface area contributed by atoms with Gasteiger partial charge in [-0.3, -0.25) is 4.68 Å². The Kier molecular flexibility index (Phi) is 4.30. The molecule has 1 heterocycles. The van der Waals surface area contributed by atoms with Gasteiger partial charge in [0.2, 0.25) is 0 Å². The molecule has 3 nitrogen and oxygen atoms in total. The summed E-state index contributed by atoms with van der Waals surface area (Å²) in [5.74, 6) is 0.799. The Morgan fingerprint density at radius 3 is 2.72 bits per heavy atom. The van der Waals surface area contributed by atoms with Crippen LogP contribution in [-0.4, -0.2) is 9.78 Å². The van der Waals surface area contributed by atoms with Crippen molar-refractivity contribution in [1.82, 2.24) is 9.78 Å². The Morgan fingerprint density at radius 2 is 2.11 bits per heavy atom. The molecule has 0 aliphatic carbocycles. The molecular weight excluding hydrogens is 316 g/mol. The van der Waals surface area contributed by atoms with Crippen molar-refractivity contribution in [2.75, 3.05) is 0 Å². The maximum Gasteiger partial charge on any atom is 0.134 e. The average molecular weight is 330 g/mol. The molecule has 0 saturated heterocycles. The summed E-state index contributed by atoms with van der Waals surface area (Å²) in [5, 5.41) is 5.06. The minimum Gasteiger partial charge on any atom is -0.486 e. The van der Waals surface area contributed by atoms with Crippen molar-refractivity contribution in [2.45, 2.75) is 20.0 Å². The highest BCUT2D eigenvalue weighted by Crippen LogP contribution is 2.27. The van der Waals surface area contributed by atoms with Crippen molar-refractivity contribution >= 4 is 27.5 Å². The second-order valence-corrected chi connectivity index (χ2v) is 5.14. The highest BCUT2D eigenvalue weighted by atomic mass is 79.9. The first-order chi connectivity index (χ1) is 8.63. The normalized spacial score (nSPS) is 10.7. The molecular formula is C13H14BrClN2O. The molecule has 0 saturated carbocycles. The number of ether oxygens (including phenoxy) is 1. The first-order valence-electron chi connectivity index (χ1n) is 5.71. The van der Waals surface area contributed by atoms with Crippen LogP contribution in [0.1, 0.15) is 18.3 Å². The third-order valence-electron chi connectivity index (χ3n) is 2.70. The smallest absolute Gasteiger partial charge is 0.134 e. The van der Waals surface area contributed by atoms with Gasteiger partial charge in [-0.1, -0.05) is 30.7 Å². The van der Waals surface area contributed by atoms with Crippen LogP contribution in [0.2, 0.25) is 5.02 Å². The zero-order chi connectivity index (χ0) is 13.1. The van der Waals surface area contributed by atoms with E-state index in [4.69, 9.17) is 16.3 Å².